The van der Waals surface area contributed by atoms with Gasteiger partial charge in [0.1, 0.15) is 10.9 Å². The van der Waals surface area contributed by atoms with E-state index in [1.165, 1.54) is 11.3 Å². The Balaban J connectivity index is 2.03. The predicted octanol–water partition coefficient (Wildman–Crippen LogP) is 2.39. The van der Waals surface area contributed by atoms with E-state index in [4.69, 9.17) is 0 Å². The number of rotatable bonds is 7. The number of carbonyl (C=O) groups is 2. The first-order valence-corrected chi connectivity index (χ1v) is 7.82. The molecular formula is C14H20N2O3S. The molecule has 0 saturated heterocycles. The summed E-state index contributed by atoms with van der Waals surface area (Å²) in [4.78, 5) is 28.3. The molecule has 2 rings (SSSR count). The van der Waals surface area contributed by atoms with Gasteiger partial charge in [-0.3, -0.25) is 4.79 Å². The van der Waals surface area contributed by atoms with E-state index in [0.29, 0.717) is 22.9 Å². The molecule has 0 spiro atoms. The first kappa shape index (κ1) is 15.0. The van der Waals surface area contributed by atoms with E-state index < -0.39 is 12.0 Å². The van der Waals surface area contributed by atoms with Crippen molar-refractivity contribution in [2.75, 3.05) is 0 Å². The third kappa shape index (κ3) is 3.79. The van der Waals surface area contributed by atoms with Crippen molar-refractivity contribution < 1.29 is 14.7 Å². The molecule has 5 nitrogen and oxygen atoms in total. The number of nitrogens with one attached hydrogen (secondary N) is 1. The molecule has 1 aromatic rings. The van der Waals surface area contributed by atoms with Crippen molar-refractivity contribution in [3.63, 3.8) is 0 Å². The summed E-state index contributed by atoms with van der Waals surface area (Å²) in [6, 6.07) is -0.786. The van der Waals surface area contributed by atoms with Gasteiger partial charge in [-0.2, -0.15) is 0 Å². The number of carboxylic acid groups (broad SMARTS) is 1. The molecule has 1 unspecified atom stereocenters. The van der Waals surface area contributed by atoms with Crippen LogP contribution in [0.1, 0.15) is 53.0 Å². The Kier molecular flexibility index (Phi) is 4.75. The summed E-state index contributed by atoms with van der Waals surface area (Å²) in [7, 11) is 0. The fraction of sp³-hybridized carbons (Fsp3) is 0.643. The largest absolute Gasteiger partial charge is 0.480 e. The molecular weight excluding hydrogens is 276 g/mol. The van der Waals surface area contributed by atoms with Gasteiger partial charge < -0.3 is 10.4 Å². The fourth-order valence-electron chi connectivity index (χ4n) is 2.12. The Labute approximate surface area is 122 Å². The van der Waals surface area contributed by atoms with E-state index in [2.05, 4.69) is 17.2 Å². The molecule has 1 saturated carbocycles. The van der Waals surface area contributed by atoms with Crippen LogP contribution in [0.5, 0.6) is 0 Å². The standard InChI is InChI=1S/C14H20N2O3S/c1-3-4-11-15-8(2)12(20-11)13(17)16-10(14(18)19)7-9-5-6-9/h9-10H,3-7H2,1-2H3,(H,16,17)(H,18,19). The maximum atomic E-state index is 12.2. The number of hydrogen-bond donors (Lipinski definition) is 2. The van der Waals surface area contributed by atoms with E-state index in [0.717, 1.165) is 30.7 Å². The second-order valence-electron chi connectivity index (χ2n) is 5.32. The number of aromatic nitrogens is 1. The van der Waals surface area contributed by atoms with E-state index in [9.17, 15) is 14.7 Å². The van der Waals surface area contributed by atoms with Gasteiger partial charge in [-0.15, -0.1) is 11.3 Å². The molecule has 1 fully saturated rings. The number of aliphatic carboxylic acids is 1. The smallest absolute Gasteiger partial charge is 0.326 e. The number of carboxylic acids is 1. The van der Waals surface area contributed by atoms with Crippen LogP contribution in [-0.4, -0.2) is 28.0 Å². The maximum Gasteiger partial charge on any atom is 0.326 e. The summed E-state index contributed by atoms with van der Waals surface area (Å²) in [6.07, 6.45) is 4.50. The second-order valence-corrected chi connectivity index (χ2v) is 6.40. The lowest BCUT2D eigenvalue weighted by Gasteiger charge is -2.13. The summed E-state index contributed by atoms with van der Waals surface area (Å²) in [5.74, 6) is -0.814. The zero-order valence-corrected chi connectivity index (χ0v) is 12.6. The van der Waals surface area contributed by atoms with Gasteiger partial charge in [-0.1, -0.05) is 19.8 Å². The zero-order chi connectivity index (χ0) is 14.7. The Bertz CT molecular complexity index is 509. The molecule has 0 aliphatic heterocycles. The highest BCUT2D eigenvalue weighted by Crippen LogP contribution is 2.33. The minimum atomic E-state index is -0.957. The molecule has 0 aromatic carbocycles. The highest BCUT2D eigenvalue weighted by Gasteiger charge is 2.31. The van der Waals surface area contributed by atoms with E-state index >= 15 is 0 Å². The highest BCUT2D eigenvalue weighted by molar-refractivity contribution is 7.13. The first-order valence-electron chi connectivity index (χ1n) is 7.01. The van der Waals surface area contributed by atoms with Crippen molar-refractivity contribution in [1.82, 2.24) is 10.3 Å². The number of thiazole rings is 1. The number of aryl methyl sites for hydroxylation is 2. The van der Waals surface area contributed by atoms with Crippen LogP contribution in [0.15, 0.2) is 0 Å². The third-order valence-corrected chi connectivity index (χ3v) is 4.60. The van der Waals surface area contributed by atoms with Crippen LogP contribution in [-0.2, 0) is 11.2 Å². The van der Waals surface area contributed by atoms with Crippen LogP contribution in [0.25, 0.3) is 0 Å². The summed E-state index contributed by atoms with van der Waals surface area (Å²) in [5.41, 5.74) is 0.687. The van der Waals surface area contributed by atoms with Crippen molar-refractivity contribution in [3.8, 4) is 0 Å². The maximum absolute atomic E-state index is 12.2. The van der Waals surface area contributed by atoms with Crippen LogP contribution in [0.2, 0.25) is 0 Å². The van der Waals surface area contributed by atoms with Gasteiger partial charge in [-0.05, 0) is 32.1 Å². The van der Waals surface area contributed by atoms with Gasteiger partial charge in [-0.25, -0.2) is 9.78 Å². The van der Waals surface area contributed by atoms with Crippen molar-refractivity contribution in [3.05, 3.63) is 15.6 Å². The van der Waals surface area contributed by atoms with Crippen LogP contribution < -0.4 is 5.32 Å². The average molecular weight is 296 g/mol. The SMILES string of the molecule is CCCc1nc(C)c(C(=O)NC(CC2CC2)C(=O)O)s1. The number of hydrogen-bond acceptors (Lipinski definition) is 4. The minimum Gasteiger partial charge on any atom is -0.480 e. The summed E-state index contributed by atoms with van der Waals surface area (Å²) < 4.78 is 0. The molecule has 1 aliphatic rings. The molecule has 6 heteroatoms. The normalized spacial score (nSPS) is 15.9. The number of carbonyl (C=O) groups excluding carboxylic acids is 1. The number of amides is 1. The summed E-state index contributed by atoms with van der Waals surface area (Å²) in [6.45, 7) is 3.85. The molecule has 1 atom stereocenters. The molecule has 1 amide bonds. The lowest BCUT2D eigenvalue weighted by Crippen LogP contribution is -2.41. The molecule has 110 valence electrons. The molecule has 1 aliphatic carbocycles. The lowest BCUT2D eigenvalue weighted by atomic mass is 10.1. The average Bonchev–Trinajstić information content (AvgIpc) is 3.11. The van der Waals surface area contributed by atoms with E-state index in [-0.39, 0.29) is 5.91 Å². The zero-order valence-electron chi connectivity index (χ0n) is 11.8. The van der Waals surface area contributed by atoms with Crippen molar-refractivity contribution in [1.29, 1.82) is 0 Å². The Morgan fingerprint density at radius 2 is 2.20 bits per heavy atom. The van der Waals surface area contributed by atoms with Crippen LogP contribution in [0.3, 0.4) is 0 Å². The monoisotopic (exact) mass is 296 g/mol. The summed E-state index contributed by atoms with van der Waals surface area (Å²) >= 11 is 1.36. The van der Waals surface area contributed by atoms with Crippen LogP contribution in [0.4, 0.5) is 0 Å². The molecule has 1 heterocycles. The Morgan fingerprint density at radius 3 is 2.75 bits per heavy atom. The molecule has 1 aromatic heterocycles. The minimum absolute atomic E-state index is 0.310. The van der Waals surface area contributed by atoms with Gasteiger partial charge in [0.05, 0.1) is 10.7 Å². The topological polar surface area (TPSA) is 79.3 Å². The van der Waals surface area contributed by atoms with Gasteiger partial charge in [0.25, 0.3) is 5.91 Å². The molecule has 2 N–H and O–H groups in total. The number of nitrogens with zero attached hydrogens (tertiary/aromatic N) is 1. The van der Waals surface area contributed by atoms with Crippen molar-refractivity contribution >= 4 is 23.2 Å². The van der Waals surface area contributed by atoms with E-state index in [1.54, 1.807) is 6.92 Å². The van der Waals surface area contributed by atoms with Gasteiger partial charge in [0.2, 0.25) is 0 Å². The van der Waals surface area contributed by atoms with Gasteiger partial charge in [0, 0.05) is 0 Å². The van der Waals surface area contributed by atoms with Crippen LogP contribution >= 0.6 is 11.3 Å². The highest BCUT2D eigenvalue weighted by atomic mass is 32.1. The molecule has 20 heavy (non-hydrogen) atoms. The Morgan fingerprint density at radius 1 is 1.50 bits per heavy atom. The van der Waals surface area contributed by atoms with E-state index in [1.807, 2.05) is 0 Å². The van der Waals surface area contributed by atoms with Crippen molar-refractivity contribution in [2.45, 2.75) is 52.0 Å². The molecule has 0 bridgehead atoms. The summed E-state index contributed by atoms with van der Waals surface area (Å²) in [5, 5.41) is 12.7. The first-order chi connectivity index (χ1) is 9.51. The Hall–Kier alpha value is -1.43. The van der Waals surface area contributed by atoms with Gasteiger partial charge >= 0.3 is 5.97 Å². The third-order valence-electron chi connectivity index (χ3n) is 3.38. The molecule has 0 radical (unpaired) electrons. The quantitative estimate of drug-likeness (QED) is 0.809. The fourth-order valence-corrected chi connectivity index (χ4v) is 3.19. The van der Waals surface area contributed by atoms with Crippen molar-refractivity contribution in [2.24, 2.45) is 5.92 Å². The second kappa shape index (κ2) is 6.35. The predicted molar refractivity (Wildman–Crippen MR) is 77.1 cm³/mol. The van der Waals surface area contributed by atoms with Crippen LogP contribution in [0, 0.1) is 12.8 Å². The lowest BCUT2D eigenvalue weighted by molar-refractivity contribution is -0.139. The van der Waals surface area contributed by atoms with Gasteiger partial charge in [0.15, 0.2) is 0 Å².